The van der Waals surface area contributed by atoms with Gasteiger partial charge in [-0.15, -0.1) is 11.6 Å². The standard InChI is InChI=1S/C12H14Cl3F7O/c1-6(23)4-8(2,3)7(13)5-9(14,15)10(16,11(17,18)19)12(20,21)22/h7H,4-5H2,1-3H3. The maximum Gasteiger partial charge on any atom is 0.434 e. The number of ketones is 1. The van der Waals surface area contributed by atoms with E-state index in [2.05, 4.69) is 0 Å². The molecule has 0 fully saturated rings. The highest BCUT2D eigenvalue weighted by molar-refractivity contribution is 6.49. The fourth-order valence-corrected chi connectivity index (χ4v) is 3.17. The third kappa shape index (κ3) is 4.78. The lowest BCUT2D eigenvalue weighted by Crippen LogP contribution is -2.64. The smallest absolute Gasteiger partial charge is 0.300 e. The Morgan fingerprint density at radius 1 is 0.957 bits per heavy atom. The second-order valence-electron chi connectivity index (χ2n) is 5.90. The van der Waals surface area contributed by atoms with Crippen LogP contribution in [0.2, 0.25) is 0 Å². The normalized spacial score (nSPS) is 16.4. The second-order valence-corrected chi connectivity index (χ2v) is 7.91. The van der Waals surface area contributed by atoms with Crippen molar-refractivity contribution in [1.29, 1.82) is 0 Å². The van der Waals surface area contributed by atoms with E-state index in [1.54, 1.807) is 0 Å². The van der Waals surface area contributed by atoms with Crippen molar-refractivity contribution in [1.82, 2.24) is 0 Å². The van der Waals surface area contributed by atoms with Crippen molar-refractivity contribution in [2.75, 3.05) is 0 Å². The average molecular weight is 414 g/mol. The predicted octanol–water partition coefficient (Wildman–Crippen LogP) is 6.00. The Bertz CT molecular complexity index is 429. The number of alkyl halides is 10. The van der Waals surface area contributed by atoms with Crippen LogP contribution < -0.4 is 0 Å². The summed E-state index contributed by atoms with van der Waals surface area (Å²) in [7, 11) is 0. The van der Waals surface area contributed by atoms with Gasteiger partial charge in [0.05, 0.1) is 0 Å². The number of rotatable bonds is 6. The van der Waals surface area contributed by atoms with E-state index in [0.29, 0.717) is 0 Å². The minimum Gasteiger partial charge on any atom is -0.300 e. The highest BCUT2D eigenvalue weighted by Crippen LogP contribution is 2.59. The van der Waals surface area contributed by atoms with Crippen LogP contribution in [0.4, 0.5) is 30.7 Å². The summed E-state index contributed by atoms with van der Waals surface area (Å²) in [5.74, 6) is -0.409. The molecule has 1 unspecified atom stereocenters. The third-order valence-corrected chi connectivity index (χ3v) is 4.85. The molecule has 0 aliphatic rings. The van der Waals surface area contributed by atoms with Crippen molar-refractivity contribution in [3.8, 4) is 0 Å². The minimum absolute atomic E-state index is 0.262. The first-order chi connectivity index (χ1) is 9.79. The van der Waals surface area contributed by atoms with E-state index in [-0.39, 0.29) is 6.42 Å². The number of hydrogen-bond acceptors (Lipinski definition) is 1. The van der Waals surface area contributed by atoms with Gasteiger partial charge < -0.3 is 4.79 Å². The summed E-state index contributed by atoms with van der Waals surface area (Å²) in [6.45, 7) is 3.79. The highest BCUT2D eigenvalue weighted by Gasteiger charge is 2.81. The maximum absolute atomic E-state index is 14.0. The van der Waals surface area contributed by atoms with Gasteiger partial charge in [0, 0.05) is 18.2 Å². The Morgan fingerprint density at radius 3 is 1.57 bits per heavy atom. The summed E-state index contributed by atoms with van der Waals surface area (Å²) < 4.78 is 86.2. The van der Waals surface area contributed by atoms with Gasteiger partial charge in [0.25, 0.3) is 0 Å². The van der Waals surface area contributed by atoms with Gasteiger partial charge in [-0.2, -0.15) is 26.3 Å². The summed E-state index contributed by atoms with van der Waals surface area (Å²) in [5.41, 5.74) is -7.13. The van der Waals surface area contributed by atoms with Crippen molar-refractivity contribution < 1.29 is 35.5 Å². The molecule has 11 heteroatoms. The van der Waals surface area contributed by atoms with Crippen molar-refractivity contribution in [2.45, 2.75) is 61.3 Å². The third-order valence-electron chi connectivity index (χ3n) is 3.27. The van der Waals surface area contributed by atoms with E-state index in [1.807, 2.05) is 0 Å². The summed E-state index contributed by atoms with van der Waals surface area (Å²) in [4.78, 5) is 11.1. The predicted molar refractivity (Wildman–Crippen MR) is 73.7 cm³/mol. The number of hydrogen-bond donors (Lipinski definition) is 0. The Kier molecular flexibility index (Phi) is 6.76. The van der Waals surface area contributed by atoms with Gasteiger partial charge in [0.1, 0.15) is 5.78 Å². The summed E-state index contributed by atoms with van der Waals surface area (Å²) in [6.07, 6.45) is -14.5. The molecule has 0 aromatic heterocycles. The molecule has 1 atom stereocenters. The molecule has 0 aromatic carbocycles. The molecule has 1 nitrogen and oxygen atoms in total. The van der Waals surface area contributed by atoms with Crippen LogP contribution in [-0.2, 0) is 4.79 Å². The highest BCUT2D eigenvalue weighted by atomic mass is 35.5. The van der Waals surface area contributed by atoms with Crippen LogP contribution in [0.3, 0.4) is 0 Å². The quantitative estimate of drug-likeness (QED) is 0.386. The van der Waals surface area contributed by atoms with Gasteiger partial charge in [0.15, 0.2) is 4.33 Å². The Balaban J connectivity index is 5.73. The molecule has 0 radical (unpaired) electrons. The van der Waals surface area contributed by atoms with E-state index in [4.69, 9.17) is 34.8 Å². The van der Waals surface area contributed by atoms with Gasteiger partial charge >= 0.3 is 18.0 Å². The van der Waals surface area contributed by atoms with Crippen LogP contribution in [0.1, 0.15) is 33.6 Å². The van der Waals surface area contributed by atoms with E-state index >= 15 is 0 Å². The Morgan fingerprint density at radius 2 is 1.30 bits per heavy atom. The number of carbonyl (C=O) groups is 1. The molecular weight excluding hydrogens is 399 g/mol. The zero-order valence-electron chi connectivity index (χ0n) is 12.2. The SMILES string of the molecule is CC(=O)CC(C)(C)C(Cl)CC(Cl)(Cl)C(F)(C(F)(F)F)C(F)(F)F. The van der Waals surface area contributed by atoms with Crippen LogP contribution in [-0.4, -0.2) is 33.5 Å². The number of carbonyl (C=O) groups excluding carboxylic acids is 1. The Labute approximate surface area is 143 Å². The molecule has 0 saturated carbocycles. The number of Topliss-reactive ketones (excluding diaryl/α,β-unsaturated/α-hetero) is 1. The fraction of sp³-hybridized carbons (Fsp3) is 0.917. The molecule has 0 bridgehead atoms. The molecule has 0 amide bonds. The van der Waals surface area contributed by atoms with Crippen molar-refractivity contribution >= 4 is 40.6 Å². The monoisotopic (exact) mass is 412 g/mol. The van der Waals surface area contributed by atoms with Gasteiger partial charge in [-0.3, -0.25) is 0 Å². The van der Waals surface area contributed by atoms with Crippen LogP contribution in [0, 0.1) is 5.41 Å². The molecule has 0 N–H and O–H groups in total. The molecule has 23 heavy (non-hydrogen) atoms. The first-order valence-electron chi connectivity index (χ1n) is 6.13. The zero-order valence-corrected chi connectivity index (χ0v) is 14.4. The van der Waals surface area contributed by atoms with Crippen molar-refractivity contribution in [3.63, 3.8) is 0 Å². The van der Waals surface area contributed by atoms with Crippen molar-refractivity contribution in [2.24, 2.45) is 5.41 Å². The molecular formula is C12H14Cl3F7O. The summed E-state index contributed by atoms with van der Waals surface area (Å²) in [5, 5.41) is -1.53. The summed E-state index contributed by atoms with van der Waals surface area (Å²) >= 11 is 16.0. The van der Waals surface area contributed by atoms with Gasteiger partial charge in [-0.05, 0) is 12.3 Å². The molecule has 0 aliphatic heterocycles. The Hall–Kier alpha value is 0.0500. The topological polar surface area (TPSA) is 17.1 Å². The van der Waals surface area contributed by atoms with E-state index in [9.17, 15) is 35.5 Å². The molecule has 0 saturated heterocycles. The van der Waals surface area contributed by atoms with Gasteiger partial charge in [-0.25, -0.2) is 4.39 Å². The minimum atomic E-state index is -6.41. The maximum atomic E-state index is 14.0. The van der Waals surface area contributed by atoms with Crippen LogP contribution in [0.15, 0.2) is 0 Å². The molecule has 0 heterocycles. The lowest BCUT2D eigenvalue weighted by Gasteiger charge is -2.41. The number of halogens is 10. The average Bonchev–Trinajstić information content (AvgIpc) is 2.21. The second kappa shape index (κ2) is 6.75. The van der Waals surface area contributed by atoms with Crippen LogP contribution in [0.25, 0.3) is 0 Å². The molecule has 0 aliphatic carbocycles. The molecule has 138 valence electrons. The lowest BCUT2D eigenvalue weighted by molar-refractivity contribution is -0.346. The van der Waals surface area contributed by atoms with Crippen LogP contribution in [0.5, 0.6) is 0 Å². The van der Waals surface area contributed by atoms with E-state index in [1.165, 1.54) is 13.8 Å². The van der Waals surface area contributed by atoms with Crippen molar-refractivity contribution in [3.05, 3.63) is 0 Å². The molecule has 0 aromatic rings. The first-order valence-corrected chi connectivity index (χ1v) is 7.32. The largest absolute Gasteiger partial charge is 0.434 e. The van der Waals surface area contributed by atoms with E-state index < -0.39 is 45.4 Å². The molecule has 0 spiro atoms. The van der Waals surface area contributed by atoms with Gasteiger partial charge in [0.2, 0.25) is 0 Å². The summed E-state index contributed by atoms with van der Waals surface area (Å²) in [6, 6.07) is 0. The lowest BCUT2D eigenvalue weighted by atomic mass is 9.80. The van der Waals surface area contributed by atoms with E-state index in [0.717, 1.165) is 6.92 Å². The molecule has 0 rings (SSSR count). The fourth-order valence-electron chi connectivity index (χ4n) is 1.97. The van der Waals surface area contributed by atoms with Gasteiger partial charge in [-0.1, -0.05) is 37.0 Å². The zero-order chi connectivity index (χ0) is 19.1. The van der Waals surface area contributed by atoms with Crippen LogP contribution >= 0.6 is 34.8 Å². The first kappa shape index (κ1) is 23.1.